The lowest BCUT2D eigenvalue weighted by Gasteiger charge is -2.17. The Hall–Kier alpha value is -2.94. The Bertz CT molecular complexity index is 1030. The van der Waals surface area contributed by atoms with Gasteiger partial charge in [0.2, 0.25) is 0 Å². The number of benzene rings is 2. The van der Waals surface area contributed by atoms with Crippen LogP contribution in [0.15, 0.2) is 84.0 Å². The van der Waals surface area contributed by atoms with Crippen molar-refractivity contribution in [1.29, 1.82) is 0 Å². The maximum atomic E-state index is 11.4. The Balaban J connectivity index is 0.000000142. The van der Waals surface area contributed by atoms with Gasteiger partial charge in [0, 0.05) is 16.7 Å². The number of rotatable bonds is 6. The van der Waals surface area contributed by atoms with E-state index in [4.69, 9.17) is 5.11 Å². The summed E-state index contributed by atoms with van der Waals surface area (Å²) in [7, 11) is 0. The third kappa shape index (κ3) is 4.29. The van der Waals surface area contributed by atoms with Crippen molar-refractivity contribution < 1.29 is 14.7 Å². The molecular formula is C31H34O3. The first kappa shape index (κ1) is 22.8. The van der Waals surface area contributed by atoms with Crippen LogP contribution < -0.4 is 0 Å². The molecule has 3 nitrogen and oxygen atoms in total. The maximum absolute atomic E-state index is 11.4. The zero-order valence-corrected chi connectivity index (χ0v) is 20.0. The molecule has 6 rings (SSSR count). The topological polar surface area (TPSA) is 54.4 Å². The first-order chi connectivity index (χ1) is 16.4. The summed E-state index contributed by atoms with van der Waals surface area (Å²) < 4.78 is 0. The fourth-order valence-electron chi connectivity index (χ4n) is 6.11. The third-order valence-electron chi connectivity index (χ3n) is 8.48. The van der Waals surface area contributed by atoms with Crippen molar-refractivity contribution in [1.82, 2.24) is 0 Å². The van der Waals surface area contributed by atoms with E-state index in [1.165, 1.54) is 48.0 Å². The highest BCUT2D eigenvalue weighted by molar-refractivity contribution is 5.81. The molecule has 0 aliphatic heterocycles. The first-order valence-electron chi connectivity index (χ1n) is 12.7. The molecule has 176 valence electrons. The van der Waals surface area contributed by atoms with E-state index in [0.29, 0.717) is 11.2 Å². The van der Waals surface area contributed by atoms with Crippen molar-refractivity contribution in [3.05, 3.63) is 95.1 Å². The van der Waals surface area contributed by atoms with E-state index in [9.17, 15) is 9.59 Å². The van der Waals surface area contributed by atoms with Crippen molar-refractivity contribution >= 4 is 11.8 Å². The van der Waals surface area contributed by atoms with Gasteiger partial charge in [0.25, 0.3) is 0 Å². The van der Waals surface area contributed by atoms with Crippen molar-refractivity contribution in [3.63, 3.8) is 0 Å². The van der Waals surface area contributed by atoms with Crippen LogP contribution in [0.3, 0.4) is 0 Å². The van der Waals surface area contributed by atoms with Gasteiger partial charge in [-0.1, -0.05) is 84.0 Å². The minimum atomic E-state index is -0.677. The molecule has 0 saturated heterocycles. The van der Waals surface area contributed by atoms with Crippen LogP contribution in [0.1, 0.15) is 69.4 Å². The van der Waals surface area contributed by atoms with E-state index in [0.717, 1.165) is 25.7 Å². The second kappa shape index (κ2) is 9.02. The van der Waals surface area contributed by atoms with Crippen molar-refractivity contribution in [2.24, 2.45) is 11.8 Å². The molecule has 2 fully saturated rings. The summed E-state index contributed by atoms with van der Waals surface area (Å²) in [5.41, 5.74) is 6.16. The Morgan fingerprint density at radius 1 is 0.706 bits per heavy atom. The number of ketones is 1. The minimum Gasteiger partial charge on any atom is -0.481 e. The number of hydrogen-bond acceptors (Lipinski definition) is 2. The maximum Gasteiger partial charge on any atom is 0.310 e. The van der Waals surface area contributed by atoms with Gasteiger partial charge in [0.1, 0.15) is 5.78 Å². The Kier molecular flexibility index (Phi) is 6.06. The molecular weight excluding hydrogens is 420 g/mol. The normalized spacial score (nSPS) is 25.4. The fraction of sp³-hybridized carbons (Fsp3) is 0.419. The summed E-state index contributed by atoms with van der Waals surface area (Å²) in [6, 6.07) is 21.3. The molecule has 0 heterocycles. The third-order valence-corrected chi connectivity index (χ3v) is 8.48. The smallest absolute Gasteiger partial charge is 0.310 e. The van der Waals surface area contributed by atoms with Crippen LogP contribution in [0.25, 0.3) is 0 Å². The first-order valence-corrected chi connectivity index (χ1v) is 12.7. The number of carboxylic acids is 1. The lowest BCUT2D eigenvalue weighted by Crippen LogP contribution is -2.09. The van der Waals surface area contributed by atoms with E-state index in [1.807, 2.05) is 12.1 Å². The van der Waals surface area contributed by atoms with Gasteiger partial charge in [-0.2, -0.15) is 0 Å². The zero-order chi connectivity index (χ0) is 23.8. The van der Waals surface area contributed by atoms with Gasteiger partial charge in [-0.05, 0) is 69.4 Å². The van der Waals surface area contributed by atoms with Gasteiger partial charge in [0.15, 0.2) is 0 Å². The summed E-state index contributed by atoms with van der Waals surface area (Å²) >= 11 is 0. The molecule has 0 unspecified atom stereocenters. The Morgan fingerprint density at radius 2 is 1.12 bits per heavy atom. The molecule has 0 bridgehead atoms. The monoisotopic (exact) mass is 454 g/mol. The number of Topliss-reactive ketones (excluding diaryl/α,β-unsaturated/α-hetero) is 1. The SMILES string of the molecule is CC(=O)[C@H]1C=C(C2(c3ccccc3)CC2)CC1.O=C(O)[C@H]1C=C(C2(c3ccccc3)CC2)CC1. The highest BCUT2D eigenvalue weighted by Gasteiger charge is 2.49. The summed E-state index contributed by atoms with van der Waals surface area (Å²) in [5.74, 6) is -0.426. The number of hydrogen-bond donors (Lipinski definition) is 1. The lowest BCUT2D eigenvalue weighted by molar-refractivity contribution is -0.140. The van der Waals surface area contributed by atoms with Gasteiger partial charge in [-0.3, -0.25) is 9.59 Å². The van der Waals surface area contributed by atoms with Crippen molar-refractivity contribution in [2.45, 2.75) is 69.1 Å². The molecule has 34 heavy (non-hydrogen) atoms. The molecule has 4 aliphatic rings. The van der Waals surface area contributed by atoms with E-state index < -0.39 is 5.97 Å². The predicted molar refractivity (Wildman–Crippen MR) is 135 cm³/mol. The molecule has 2 saturated carbocycles. The average molecular weight is 455 g/mol. The lowest BCUT2D eigenvalue weighted by atomic mass is 9.87. The molecule has 2 aromatic carbocycles. The van der Waals surface area contributed by atoms with E-state index in [-0.39, 0.29) is 17.3 Å². The molecule has 3 heteroatoms. The quantitative estimate of drug-likeness (QED) is 0.489. The molecule has 0 radical (unpaired) electrons. The number of carbonyl (C=O) groups excluding carboxylic acids is 1. The number of allylic oxidation sites excluding steroid dienone is 3. The van der Waals surface area contributed by atoms with Crippen LogP contribution in [-0.4, -0.2) is 16.9 Å². The van der Waals surface area contributed by atoms with Crippen LogP contribution in [0.2, 0.25) is 0 Å². The Morgan fingerprint density at radius 3 is 1.44 bits per heavy atom. The van der Waals surface area contributed by atoms with Gasteiger partial charge < -0.3 is 5.11 Å². The Labute approximate surface area is 202 Å². The van der Waals surface area contributed by atoms with Crippen LogP contribution in [0.5, 0.6) is 0 Å². The van der Waals surface area contributed by atoms with Crippen LogP contribution in [0.4, 0.5) is 0 Å². The largest absolute Gasteiger partial charge is 0.481 e. The molecule has 1 N–H and O–H groups in total. The number of carboxylic acid groups (broad SMARTS) is 1. The van der Waals surface area contributed by atoms with E-state index in [1.54, 1.807) is 6.92 Å². The number of carbonyl (C=O) groups is 2. The predicted octanol–water partition coefficient (Wildman–Crippen LogP) is 6.78. The van der Waals surface area contributed by atoms with E-state index in [2.05, 4.69) is 60.7 Å². The average Bonchev–Trinajstić information content (AvgIpc) is 3.74. The van der Waals surface area contributed by atoms with Gasteiger partial charge in [-0.15, -0.1) is 0 Å². The fourth-order valence-corrected chi connectivity index (χ4v) is 6.11. The summed E-state index contributed by atoms with van der Waals surface area (Å²) in [4.78, 5) is 22.4. The molecule has 0 spiro atoms. The summed E-state index contributed by atoms with van der Waals surface area (Å²) in [6.07, 6.45) is 13.0. The molecule has 0 amide bonds. The molecule has 2 aromatic rings. The zero-order valence-electron chi connectivity index (χ0n) is 20.0. The second-order valence-electron chi connectivity index (χ2n) is 10.5. The summed E-state index contributed by atoms with van der Waals surface area (Å²) in [5, 5.41) is 9.04. The molecule has 2 atom stereocenters. The van der Waals surface area contributed by atoms with Crippen LogP contribution in [-0.2, 0) is 20.4 Å². The van der Waals surface area contributed by atoms with Crippen LogP contribution >= 0.6 is 0 Å². The highest BCUT2D eigenvalue weighted by Crippen LogP contribution is 2.57. The minimum absolute atomic E-state index is 0.186. The van der Waals surface area contributed by atoms with Gasteiger partial charge in [-0.25, -0.2) is 0 Å². The van der Waals surface area contributed by atoms with Gasteiger partial charge in [0.05, 0.1) is 5.92 Å². The van der Waals surface area contributed by atoms with Crippen molar-refractivity contribution in [2.75, 3.05) is 0 Å². The summed E-state index contributed by atoms with van der Waals surface area (Å²) in [6.45, 7) is 1.71. The molecule has 4 aliphatic carbocycles. The molecule has 0 aromatic heterocycles. The van der Waals surface area contributed by atoms with Crippen LogP contribution in [0, 0.1) is 11.8 Å². The number of aliphatic carboxylic acids is 1. The van der Waals surface area contributed by atoms with Gasteiger partial charge >= 0.3 is 5.97 Å². The van der Waals surface area contributed by atoms with Crippen molar-refractivity contribution in [3.8, 4) is 0 Å². The highest BCUT2D eigenvalue weighted by atomic mass is 16.4. The second-order valence-corrected chi connectivity index (χ2v) is 10.5. The van der Waals surface area contributed by atoms with E-state index >= 15 is 0 Å². The standard InChI is InChI=1S/C16H18O.C15H16O2/c1-12(17)13-7-8-15(11-13)16(9-10-16)14-5-3-2-4-6-14;16-14(17)11-6-7-13(10-11)15(8-9-15)12-4-2-1-3-5-12/h2-6,11,13H,7-10H2,1H3;1-5,10-11H,6-9H2,(H,16,17)/t13-;11-/m11/s1.